The number of halogens is 1. The van der Waals surface area contributed by atoms with Gasteiger partial charge >= 0.3 is 0 Å². The minimum atomic E-state index is -0.661. The Labute approximate surface area is 249 Å². The van der Waals surface area contributed by atoms with E-state index in [9.17, 15) is 5.11 Å². The van der Waals surface area contributed by atoms with E-state index in [1.54, 1.807) is 32.4 Å². The van der Waals surface area contributed by atoms with Gasteiger partial charge < -0.3 is 34.1 Å². The van der Waals surface area contributed by atoms with Crippen LogP contribution in [0.25, 0.3) is 22.6 Å². The van der Waals surface area contributed by atoms with Crippen LogP contribution in [0.15, 0.2) is 29.0 Å². The third kappa shape index (κ3) is 6.16. The molecule has 3 aromatic heterocycles. The molecule has 0 spiro atoms. The van der Waals surface area contributed by atoms with Gasteiger partial charge in [0, 0.05) is 24.8 Å². The number of methoxy groups -OCH3 is 1. The van der Waals surface area contributed by atoms with E-state index < -0.39 is 6.10 Å². The third-order valence-corrected chi connectivity index (χ3v) is 7.29. The van der Waals surface area contributed by atoms with Gasteiger partial charge in [-0.1, -0.05) is 16.8 Å². The SMILES string of the molecule is CNC[C@@H](O)COc1ccc(Cl)c(-c2nc(-c3c(C)noc3C)c(C)c(N3Cc4ncnc(OCCOC)c4C3)n2)c1. The molecular formula is C29H34ClN7O5. The van der Waals surface area contributed by atoms with Crippen molar-refractivity contribution in [2.24, 2.45) is 0 Å². The molecule has 0 bridgehead atoms. The van der Waals surface area contributed by atoms with Crippen molar-refractivity contribution in [3.63, 3.8) is 0 Å². The molecule has 222 valence electrons. The molecule has 0 amide bonds. The van der Waals surface area contributed by atoms with E-state index in [4.69, 9.17) is 40.3 Å². The number of fused-ring (bicyclic) bond motifs is 1. The highest BCUT2D eigenvalue weighted by atomic mass is 35.5. The number of hydrogen-bond donors (Lipinski definition) is 2. The summed E-state index contributed by atoms with van der Waals surface area (Å²) in [4.78, 5) is 21.0. The van der Waals surface area contributed by atoms with Crippen molar-refractivity contribution in [1.29, 1.82) is 0 Å². The Morgan fingerprint density at radius 3 is 2.69 bits per heavy atom. The first-order valence-electron chi connectivity index (χ1n) is 13.6. The quantitative estimate of drug-likeness (QED) is 0.231. The van der Waals surface area contributed by atoms with Crippen molar-refractivity contribution in [2.45, 2.75) is 40.0 Å². The van der Waals surface area contributed by atoms with Crippen LogP contribution in [0.1, 0.15) is 28.3 Å². The first-order chi connectivity index (χ1) is 20.3. The van der Waals surface area contributed by atoms with Crippen LogP contribution >= 0.6 is 11.6 Å². The van der Waals surface area contributed by atoms with Gasteiger partial charge in [0.1, 0.15) is 43.0 Å². The summed E-state index contributed by atoms with van der Waals surface area (Å²) in [6, 6.07) is 5.27. The number of likely N-dealkylation sites (N-methyl/N-ethyl adjacent to an activating group) is 1. The first-order valence-corrected chi connectivity index (χ1v) is 13.9. The monoisotopic (exact) mass is 595 g/mol. The number of nitrogens with one attached hydrogen (secondary N) is 1. The highest BCUT2D eigenvalue weighted by Gasteiger charge is 2.30. The van der Waals surface area contributed by atoms with Crippen LogP contribution in [0.3, 0.4) is 0 Å². The van der Waals surface area contributed by atoms with Gasteiger partial charge in [-0.2, -0.15) is 0 Å². The van der Waals surface area contributed by atoms with Gasteiger partial charge in [0.25, 0.3) is 0 Å². The van der Waals surface area contributed by atoms with E-state index in [-0.39, 0.29) is 6.61 Å². The van der Waals surface area contributed by atoms with Crippen molar-refractivity contribution >= 4 is 17.4 Å². The number of benzene rings is 1. The van der Waals surface area contributed by atoms with Gasteiger partial charge in [-0.3, -0.25) is 0 Å². The van der Waals surface area contributed by atoms with Gasteiger partial charge in [0.05, 0.1) is 52.9 Å². The highest BCUT2D eigenvalue weighted by molar-refractivity contribution is 6.33. The summed E-state index contributed by atoms with van der Waals surface area (Å²) in [5.41, 5.74) is 5.43. The molecule has 13 heteroatoms. The standard InChI is InChI=1S/C29H34ClN7O5/c1-16-26(25-17(2)36-42-18(25)3)34-27(21-10-20(6-7-23(21)30)41-14-19(38)11-31-4)35-28(16)37-12-22-24(13-37)32-15-33-29(22)40-9-8-39-5/h6-7,10,15,19,31,38H,8-9,11-14H2,1-5H3/t19-/m1/s1. The predicted octanol–water partition coefficient (Wildman–Crippen LogP) is 3.67. The number of rotatable bonds is 12. The summed E-state index contributed by atoms with van der Waals surface area (Å²) in [6.45, 7) is 8.10. The summed E-state index contributed by atoms with van der Waals surface area (Å²) < 4.78 is 22.4. The van der Waals surface area contributed by atoms with E-state index in [0.29, 0.717) is 78.2 Å². The number of aryl methyl sites for hydroxylation is 2. The topological polar surface area (TPSA) is 141 Å². The summed E-state index contributed by atoms with van der Waals surface area (Å²) in [6.07, 6.45) is 0.849. The second-order valence-electron chi connectivity index (χ2n) is 10.0. The normalized spacial score (nSPS) is 13.4. The zero-order valence-corrected chi connectivity index (χ0v) is 25.0. The zero-order chi connectivity index (χ0) is 29.8. The number of hydrogen-bond acceptors (Lipinski definition) is 12. The zero-order valence-electron chi connectivity index (χ0n) is 24.3. The van der Waals surface area contributed by atoms with Gasteiger partial charge in [-0.25, -0.2) is 19.9 Å². The molecule has 0 saturated heterocycles. The average Bonchev–Trinajstić information content (AvgIpc) is 3.56. The van der Waals surface area contributed by atoms with E-state index in [0.717, 1.165) is 28.1 Å². The molecule has 1 aliphatic rings. The predicted molar refractivity (Wildman–Crippen MR) is 157 cm³/mol. The molecule has 0 saturated carbocycles. The maximum atomic E-state index is 10.1. The van der Waals surface area contributed by atoms with Gasteiger partial charge in [-0.15, -0.1) is 0 Å². The van der Waals surface area contributed by atoms with Crippen LogP contribution in [0.2, 0.25) is 5.02 Å². The van der Waals surface area contributed by atoms with Crippen LogP contribution in [0.5, 0.6) is 11.6 Å². The molecule has 0 radical (unpaired) electrons. The first kappa shape index (κ1) is 29.6. The molecule has 4 aromatic rings. The fourth-order valence-corrected chi connectivity index (χ4v) is 5.10. The number of aromatic nitrogens is 5. The Morgan fingerprint density at radius 2 is 1.95 bits per heavy atom. The minimum absolute atomic E-state index is 0.119. The molecule has 4 heterocycles. The number of aliphatic hydroxyl groups is 1. The lowest BCUT2D eigenvalue weighted by Gasteiger charge is -2.22. The van der Waals surface area contributed by atoms with E-state index >= 15 is 0 Å². The molecule has 5 rings (SSSR count). The Morgan fingerprint density at radius 1 is 1.12 bits per heavy atom. The number of nitrogens with zero attached hydrogens (tertiary/aromatic N) is 6. The van der Waals surface area contributed by atoms with Crippen molar-refractivity contribution in [2.75, 3.05) is 45.4 Å². The summed E-state index contributed by atoms with van der Waals surface area (Å²) in [5.74, 6) is 2.84. The van der Waals surface area contributed by atoms with Gasteiger partial charge in [0.2, 0.25) is 5.88 Å². The Kier molecular flexibility index (Phi) is 9.17. The van der Waals surface area contributed by atoms with Crippen molar-refractivity contribution in [1.82, 2.24) is 30.4 Å². The summed E-state index contributed by atoms with van der Waals surface area (Å²) in [5, 5.41) is 17.7. The third-order valence-electron chi connectivity index (χ3n) is 6.96. The second kappa shape index (κ2) is 13.0. The van der Waals surface area contributed by atoms with E-state index in [1.807, 2.05) is 20.8 Å². The van der Waals surface area contributed by atoms with E-state index in [1.165, 1.54) is 6.33 Å². The maximum Gasteiger partial charge on any atom is 0.221 e. The molecule has 0 unspecified atom stereocenters. The molecule has 0 fully saturated rings. The number of anilines is 1. The Bertz CT molecular complexity index is 1540. The molecule has 0 aliphatic carbocycles. The summed E-state index contributed by atoms with van der Waals surface area (Å²) >= 11 is 6.70. The highest BCUT2D eigenvalue weighted by Crippen LogP contribution is 2.39. The summed E-state index contributed by atoms with van der Waals surface area (Å²) in [7, 11) is 3.40. The maximum absolute atomic E-state index is 10.1. The molecule has 2 N–H and O–H groups in total. The van der Waals surface area contributed by atoms with Crippen LogP contribution in [-0.4, -0.2) is 76.8 Å². The largest absolute Gasteiger partial charge is 0.491 e. The number of aliphatic hydroxyl groups excluding tert-OH is 1. The van der Waals surface area contributed by atoms with Gasteiger partial charge in [-0.05, 0) is 46.0 Å². The average molecular weight is 596 g/mol. The van der Waals surface area contributed by atoms with Crippen LogP contribution in [0.4, 0.5) is 5.82 Å². The second-order valence-corrected chi connectivity index (χ2v) is 10.4. The molecule has 1 atom stereocenters. The van der Waals surface area contributed by atoms with E-state index in [2.05, 4.69) is 25.3 Å². The Hall–Kier alpha value is -3.84. The number of ether oxygens (including phenoxy) is 3. The minimum Gasteiger partial charge on any atom is -0.491 e. The lowest BCUT2D eigenvalue weighted by atomic mass is 10.0. The smallest absolute Gasteiger partial charge is 0.221 e. The van der Waals surface area contributed by atoms with Crippen molar-refractivity contribution < 1.29 is 23.8 Å². The molecule has 42 heavy (non-hydrogen) atoms. The fraction of sp³-hybridized carbons (Fsp3) is 0.414. The Balaban J connectivity index is 1.56. The lowest BCUT2D eigenvalue weighted by Crippen LogP contribution is -2.29. The molecule has 12 nitrogen and oxygen atoms in total. The van der Waals surface area contributed by atoms with Crippen molar-refractivity contribution in [3.8, 4) is 34.3 Å². The molecule has 1 aromatic carbocycles. The molecular weight excluding hydrogens is 562 g/mol. The molecule has 1 aliphatic heterocycles. The van der Waals surface area contributed by atoms with Crippen molar-refractivity contribution in [3.05, 3.63) is 57.8 Å². The van der Waals surface area contributed by atoms with Gasteiger partial charge in [0.15, 0.2) is 5.82 Å². The van der Waals surface area contributed by atoms with Crippen LogP contribution < -0.4 is 19.7 Å². The van der Waals surface area contributed by atoms with Crippen LogP contribution in [-0.2, 0) is 17.8 Å². The fourth-order valence-electron chi connectivity index (χ4n) is 4.90. The lowest BCUT2D eigenvalue weighted by molar-refractivity contribution is 0.108. The van der Waals surface area contributed by atoms with Crippen LogP contribution in [0, 0.1) is 20.8 Å².